The summed E-state index contributed by atoms with van der Waals surface area (Å²) < 4.78 is 30.1. The SMILES string of the molecule is [3H]C1C[C@H](CP(OCC)N(C(C)C)C(C)C)[C@@H](CO[Si](C)(c2ccccc2)c2ccccc2)O1. The summed E-state index contributed by atoms with van der Waals surface area (Å²) in [5, 5.41) is 2.50. The maximum Gasteiger partial charge on any atom is 0.252 e. The molecule has 0 aromatic heterocycles. The smallest absolute Gasteiger partial charge is 0.252 e. The molecule has 1 aliphatic rings. The molecule has 1 saturated heterocycles. The van der Waals surface area contributed by atoms with Gasteiger partial charge in [-0.1, -0.05) is 60.7 Å². The molecule has 182 valence electrons. The van der Waals surface area contributed by atoms with Crippen molar-refractivity contribution in [3.63, 3.8) is 0 Å². The third-order valence-corrected chi connectivity index (χ3v) is 12.8. The molecule has 2 unspecified atom stereocenters. The van der Waals surface area contributed by atoms with E-state index < -0.39 is 23.2 Å². The van der Waals surface area contributed by atoms with Gasteiger partial charge in [-0.3, -0.25) is 4.67 Å². The normalized spacial score (nSPS) is 22.8. The zero-order valence-corrected chi connectivity index (χ0v) is 23.0. The highest BCUT2D eigenvalue weighted by molar-refractivity contribution is 7.50. The minimum Gasteiger partial charge on any atom is -0.406 e. The van der Waals surface area contributed by atoms with Gasteiger partial charge in [0.1, 0.15) is 8.30 Å². The summed E-state index contributed by atoms with van der Waals surface area (Å²) in [6.07, 6.45) is 1.56. The molecule has 0 aliphatic carbocycles. The van der Waals surface area contributed by atoms with E-state index in [0.717, 1.165) is 12.6 Å². The Morgan fingerprint density at radius 2 is 1.58 bits per heavy atom. The summed E-state index contributed by atoms with van der Waals surface area (Å²) >= 11 is 0. The summed E-state index contributed by atoms with van der Waals surface area (Å²) in [5.74, 6) is 0.255. The van der Waals surface area contributed by atoms with E-state index in [-0.39, 0.29) is 12.0 Å². The molecule has 0 radical (unpaired) electrons. The first-order chi connectivity index (χ1) is 16.3. The molecule has 1 aliphatic heterocycles. The van der Waals surface area contributed by atoms with Crippen LogP contribution in [0.25, 0.3) is 0 Å². The summed E-state index contributed by atoms with van der Waals surface area (Å²) in [5.41, 5.74) is 0. The molecule has 2 aromatic carbocycles. The van der Waals surface area contributed by atoms with Crippen LogP contribution < -0.4 is 10.4 Å². The van der Waals surface area contributed by atoms with E-state index in [1.54, 1.807) is 0 Å². The maximum absolute atomic E-state index is 8.36. The largest absolute Gasteiger partial charge is 0.406 e. The maximum atomic E-state index is 8.36. The van der Waals surface area contributed by atoms with E-state index in [2.05, 4.69) is 106 Å². The average molecular weight is 490 g/mol. The van der Waals surface area contributed by atoms with Gasteiger partial charge in [-0.15, -0.1) is 0 Å². The minimum absolute atomic E-state index is 0.0895. The Balaban J connectivity index is 1.79. The van der Waals surface area contributed by atoms with Crippen molar-refractivity contribution < 1.29 is 15.1 Å². The van der Waals surface area contributed by atoms with E-state index in [9.17, 15) is 0 Å². The second-order valence-corrected chi connectivity index (χ2v) is 14.7. The summed E-state index contributed by atoms with van der Waals surface area (Å²) in [7, 11) is -3.17. The Morgan fingerprint density at radius 1 is 1.03 bits per heavy atom. The van der Waals surface area contributed by atoms with Crippen LogP contribution >= 0.6 is 8.30 Å². The molecule has 4 atom stereocenters. The molecule has 2 aromatic rings. The van der Waals surface area contributed by atoms with Gasteiger partial charge in [0, 0.05) is 31.4 Å². The molecule has 4 nitrogen and oxygen atoms in total. The second-order valence-electron chi connectivity index (χ2n) is 9.43. The van der Waals surface area contributed by atoms with Gasteiger partial charge < -0.3 is 13.7 Å². The Hall–Kier alpha value is -1.07. The van der Waals surface area contributed by atoms with Gasteiger partial charge in [-0.2, -0.15) is 0 Å². The van der Waals surface area contributed by atoms with Crippen LogP contribution in [0.3, 0.4) is 0 Å². The molecule has 0 N–H and O–H groups in total. The Kier molecular flexibility index (Phi) is 9.54. The Morgan fingerprint density at radius 3 is 2.06 bits per heavy atom. The number of rotatable bonds is 12. The number of hydrogen-bond acceptors (Lipinski definition) is 4. The fraction of sp³-hybridized carbons (Fsp3) is 0.556. The third kappa shape index (κ3) is 6.75. The average Bonchev–Trinajstić information content (AvgIpc) is 3.17. The van der Waals surface area contributed by atoms with Crippen LogP contribution in [0.1, 0.15) is 42.4 Å². The minimum atomic E-state index is -2.41. The highest BCUT2D eigenvalue weighted by atomic mass is 31.2. The first-order valence-corrected chi connectivity index (χ1v) is 16.1. The van der Waals surface area contributed by atoms with Crippen LogP contribution in [-0.2, 0) is 13.7 Å². The molecule has 0 spiro atoms. The Labute approximate surface area is 205 Å². The van der Waals surface area contributed by atoms with Crippen molar-refractivity contribution in [2.24, 2.45) is 5.92 Å². The second kappa shape index (κ2) is 12.6. The zero-order chi connectivity index (χ0) is 24.7. The van der Waals surface area contributed by atoms with E-state index in [4.69, 9.17) is 15.1 Å². The third-order valence-electron chi connectivity index (χ3n) is 6.37. The number of hydrogen-bond donors (Lipinski definition) is 0. The number of ether oxygens (including phenoxy) is 1. The molecule has 0 saturated carbocycles. The van der Waals surface area contributed by atoms with Crippen LogP contribution in [0.15, 0.2) is 60.7 Å². The van der Waals surface area contributed by atoms with Gasteiger partial charge in [0.2, 0.25) is 0 Å². The first kappa shape index (κ1) is 25.0. The molecule has 33 heavy (non-hydrogen) atoms. The van der Waals surface area contributed by atoms with Crippen molar-refractivity contribution in [1.82, 2.24) is 4.67 Å². The van der Waals surface area contributed by atoms with Gasteiger partial charge in [0.15, 0.2) is 0 Å². The lowest BCUT2D eigenvalue weighted by atomic mass is 10.1. The van der Waals surface area contributed by atoms with Crippen molar-refractivity contribution in [3.8, 4) is 0 Å². The van der Waals surface area contributed by atoms with Gasteiger partial charge in [0.25, 0.3) is 8.32 Å². The molecular weight excluding hydrogens is 445 g/mol. The van der Waals surface area contributed by atoms with Crippen molar-refractivity contribution in [1.29, 1.82) is 0 Å². The van der Waals surface area contributed by atoms with Crippen LogP contribution in [0.5, 0.6) is 0 Å². The van der Waals surface area contributed by atoms with Crippen LogP contribution in [0.2, 0.25) is 6.55 Å². The van der Waals surface area contributed by atoms with E-state index in [1.807, 2.05) is 0 Å². The fourth-order valence-corrected chi connectivity index (χ4v) is 10.1. The standard InChI is InChI=1S/C27H42NO3PSi/c1-7-30-32(28(22(2)3)23(4)5)21-24-18-19-29-27(24)20-31-33(6,25-14-10-8-11-15-25)26-16-12-9-13-17-26/h8-17,22-24,27H,7,18-21H2,1-6H3/t24-,27-,32?/m1/s1/i19T/t19?,24-,27-,32?. The highest BCUT2D eigenvalue weighted by Gasteiger charge is 2.39. The van der Waals surface area contributed by atoms with Gasteiger partial charge in [-0.25, -0.2) is 0 Å². The lowest BCUT2D eigenvalue weighted by Gasteiger charge is -2.39. The quantitative estimate of drug-likeness (QED) is 0.300. The Bertz CT molecular complexity index is 810. The fourth-order valence-electron chi connectivity index (χ4n) is 4.70. The molecular formula is C27H42NO3PSi. The predicted molar refractivity (Wildman–Crippen MR) is 143 cm³/mol. The van der Waals surface area contributed by atoms with Crippen molar-refractivity contribution >= 4 is 27.0 Å². The summed E-state index contributed by atoms with van der Waals surface area (Å²) in [6.45, 7) is 14.0. The first-order valence-electron chi connectivity index (χ1n) is 12.8. The highest BCUT2D eigenvalue weighted by Crippen LogP contribution is 2.48. The summed E-state index contributed by atoms with van der Waals surface area (Å²) in [4.78, 5) is 0. The molecule has 1 fully saturated rings. The van der Waals surface area contributed by atoms with Crippen LogP contribution in [-0.4, -0.2) is 57.1 Å². The lowest BCUT2D eigenvalue weighted by Crippen LogP contribution is -2.59. The molecule has 6 heteroatoms. The van der Waals surface area contributed by atoms with Crippen LogP contribution in [0.4, 0.5) is 0 Å². The number of benzene rings is 2. The van der Waals surface area contributed by atoms with E-state index >= 15 is 0 Å². The molecule has 0 amide bonds. The monoisotopic (exact) mass is 489 g/mol. The molecule has 1 heterocycles. The number of nitrogens with zero attached hydrogens (tertiary/aromatic N) is 1. The van der Waals surface area contributed by atoms with Gasteiger partial charge in [0.05, 0.1) is 14.1 Å². The van der Waals surface area contributed by atoms with Crippen molar-refractivity contribution in [2.45, 2.75) is 65.8 Å². The predicted octanol–water partition coefficient (Wildman–Crippen LogP) is 5.27. The molecule has 3 rings (SSSR count). The van der Waals surface area contributed by atoms with E-state index in [1.165, 1.54) is 10.4 Å². The van der Waals surface area contributed by atoms with Gasteiger partial charge in [-0.05, 0) is 63.9 Å². The lowest BCUT2D eigenvalue weighted by molar-refractivity contribution is 0.0503. The van der Waals surface area contributed by atoms with Crippen LogP contribution in [0, 0.1) is 5.92 Å². The van der Waals surface area contributed by atoms with Crippen molar-refractivity contribution in [3.05, 3.63) is 60.7 Å². The van der Waals surface area contributed by atoms with E-state index in [0.29, 0.717) is 25.3 Å². The topological polar surface area (TPSA) is 30.9 Å². The molecule has 0 bridgehead atoms. The summed E-state index contributed by atoms with van der Waals surface area (Å²) in [6, 6.07) is 22.0. The zero-order valence-electron chi connectivity index (χ0n) is 22.1. The van der Waals surface area contributed by atoms with Gasteiger partial charge >= 0.3 is 0 Å². The van der Waals surface area contributed by atoms with Crippen molar-refractivity contribution in [2.75, 3.05) is 26.0 Å².